The molecule has 0 bridgehead atoms. The molecule has 0 amide bonds. The third-order valence-electron chi connectivity index (χ3n) is 4.31. The van der Waals surface area contributed by atoms with Crippen LogP contribution < -0.4 is 5.73 Å². The average molecular weight is 211 g/mol. The first kappa shape index (κ1) is 12.6. The Hall–Kier alpha value is -0.500. The topological polar surface area (TPSA) is 46.2 Å². The van der Waals surface area contributed by atoms with Crippen molar-refractivity contribution < 1.29 is 5.11 Å². The lowest BCUT2D eigenvalue weighted by atomic mass is 9.64. The number of hydrogen-bond acceptors (Lipinski definition) is 2. The summed E-state index contributed by atoms with van der Waals surface area (Å²) in [6, 6.07) is 0. The quantitative estimate of drug-likeness (QED) is 0.699. The predicted octanol–water partition coefficient (Wildman–Crippen LogP) is 3.53. The molecule has 1 fully saturated rings. The summed E-state index contributed by atoms with van der Waals surface area (Å²) in [4.78, 5) is 0. The smallest absolute Gasteiger partial charge is 0.105 e. The fourth-order valence-electron chi connectivity index (χ4n) is 2.83. The molecular formula is C13H25NO. The second-order valence-electron chi connectivity index (χ2n) is 5.21. The molecule has 88 valence electrons. The van der Waals surface area contributed by atoms with E-state index in [1.54, 1.807) is 0 Å². The molecule has 0 unspecified atom stereocenters. The maximum Gasteiger partial charge on any atom is 0.105 e. The maximum absolute atomic E-state index is 9.49. The Balaban J connectivity index is 2.64. The third kappa shape index (κ3) is 2.54. The lowest BCUT2D eigenvalue weighted by Crippen LogP contribution is -2.47. The molecule has 15 heavy (non-hydrogen) atoms. The minimum absolute atomic E-state index is 0.170. The van der Waals surface area contributed by atoms with Gasteiger partial charge in [0.25, 0.3) is 0 Å². The summed E-state index contributed by atoms with van der Waals surface area (Å²) >= 11 is 0. The summed E-state index contributed by atoms with van der Waals surface area (Å²) in [6.45, 7) is 8.11. The van der Waals surface area contributed by atoms with Gasteiger partial charge < -0.3 is 10.8 Å². The Kier molecular flexibility index (Phi) is 3.82. The molecule has 3 N–H and O–H groups in total. The van der Waals surface area contributed by atoms with Crippen molar-refractivity contribution in [3.05, 3.63) is 12.3 Å². The molecule has 0 heterocycles. The minimum Gasteiger partial charge on any atom is -0.511 e. The summed E-state index contributed by atoms with van der Waals surface area (Å²) in [5.74, 6) is 0.170. The fourth-order valence-corrected chi connectivity index (χ4v) is 2.83. The minimum atomic E-state index is -0.508. The molecule has 0 aliphatic heterocycles. The van der Waals surface area contributed by atoms with Gasteiger partial charge in [-0.2, -0.15) is 0 Å². The second kappa shape index (κ2) is 4.56. The Labute approximate surface area is 93.6 Å². The molecule has 0 atom stereocenters. The molecule has 1 rings (SSSR count). The zero-order valence-electron chi connectivity index (χ0n) is 10.2. The first-order valence-corrected chi connectivity index (χ1v) is 6.15. The van der Waals surface area contributed by atoms with Gasteiger partial charge in [0.2, 0.25) is 0 Å². The molecule has 2 heteroatoms. The van der Waals surface area contributed by atoms with Crippen LogP contribution in [0.25, 0.3) is 0 Å². The standard InChI is InChI=1S/C13H25NO/c1-4-6-12(5-2)7-9-13(14,10-8-12)11(3)15/h15H,3-10,14H2,1-2H3. The van der Waals surface area contributed by atoms with Gasteiger partial charge >= 0.3 is 0 Å². The largest absolute Gasteiger partial charge is 0.511 e. The van der Waals surface area contributed by atoms with Crippen molar-refractivity contribution in [3.8, 4) is 0 Å². The monoisotopic (exact) mass is 211 g/mol. The van der Waals surface area contributed by atoms with E-state index in [-0.39, 0.29) is 5.76 Å². The molecule has 0 radical (unpaired) electrons. The number of aliphatic hydroxyl groups is 1. The van der Waals surface area contributed by atoms with Crippen molar-refractivity contribution in [1.82, 2.24) is 0 Å². The molecule has 1 aliphatic rings. The molecule has 0 aromatic heterocycles. The summed E-state index contributed by atoms with van der Waals surface area (Å²) in [7, 11) is 0. The van der Waals surface area contributed by atoms with E-state index in [0.717, 1.165) is 25.7 Å². The Morgan fingerprint density at radius 1 is 1.27 bits per heavy atom. The van der Waals surface area contributed by atoms with Gasteiger partial charge in [0.1, 0.15) is 5.76 Å². The van der Waals surface area contributed by atoms with Gasteiger partial charge in [0.15, 0.2) is 0 Å². The van der Waals surface area contributed by atoms with Crippen molar-refractivity contribution >= 4 is 0 Å². The Morgan fingerprint density at radius 2 is 1.80 bits per heavy atom. The van der Waals surface area contributed by atoms with Crippen LogP contribution in [-0.2, 0) is 0 Å². The molecule has 0 aromatic rings. The normalized spacial score (nSPS) is 36.5. The SMILES string of the molecule is C=C(O)C1(N)CCC(CC)(CCC)CC1. The number of hydrogen-bond donors (Lipinski definition) is 2. The Bertz CT molecular complexity index is 227. The van der Waals surface area contributed by atoms with Gasteiger partial charge in [-0.25, -0.2) is 0 Å². The highest BCUT2D eigenvalue weighted by atomic mass is 16.3. The van der Waals surface area contributed by atoms with E-state index >= 15 is 0 Å². The van der Waals surface area contributed by atoms with E-state index in [0.29, 0.717) is 5.41 Å². The van der Waals surface area contributed by atoms with Gasteiger partial charge in [-0.05, 0) is 37.5 Å². The third-order valence-corrected chi connectivity index (χ3v) is 4.31. The summed E-state index contributed by atoms with van der Waals surface area (Å²) in [6.07, 6.45) is 7.80. The van der Waals surface area contributed by atoms with Crippen LogP contribution in [0.3, 0.4) is 0 Å². The van der Waals surface area contributed by atoms with Crippen LogP contribution in [0.5, 0.6) is 0 Å². The van der Waals surface area contributed by atoms with Crippen molar-refractivity contribution in [2.45, 2.75) is 64.3 Å². The highest BCUT2D eigenvalue weighted by Gasteiger charge is 2.40. The van der Waals surface area contributed by atoms with Gasteiger partial charge in [-0.3, -0.25) is 0 Å². The molecular weight excluding hydrogens is 186 g/mol. The zero-order valence-corrected chi connectivity index (χ0v) is 10.2. The van der Waals surface area contributed by atoms with Crippen LogP contribution in [0.15, 0.2) is 12.3 Å². The Morgan fingerprint density at radius 3 is 2.13 bits per heavy atom. The van der Waals surface area contributed by atoms with Crippen molar-refractivity contribution in [2.75, 3.05) is 0 Å². The second-order valence-corrected chi connectivity index (χ2v) is 5.21. The molecule has 0 spiro atoms. The molecule has 0 aromatic carbocycles. The van der Waals surface area contributed by atoms with Gasteiger partial charge in [0, 0.05) is 0 Å². The van der Waals surface area contributed by atoms with E-state index in [9.17, 15) is 5.11 Å². The van der Waals surface area contributed by atoms with Gasteiger partial charge in [-0.15, -0.1) is 0 Å². The van der Waals surface area contributed by atoms with Crippen LogP contribution in [-0.4, -0.2) is 10.6 Å². The summed E-state index contributed by atoms with van der Waals surface area (Å²) in [5.41, 5.74) is 6.10. The van der Waals surface area contributed by atoms with Crippen LogP contribution in [0, 0.1) is 5.41 Å². The van der Waals surface area contributed by atoms with Gasteiger partial charge in [-0.1, -0.05) is 33.3 Å². The average Bonchev–Trinajstić information content (AvgIpc) is 2.22. The van der Waals surface area contributed by atoms with Crippen LogP contribution >= 0.6 is 0 Å². The van der Waals surface area contributed by atoms with Crippen molar-refractivity contribution in [3.63, 3.8) is 0 Å². The lowest BCUT2D eigenvalue weighted by molar-refractivity contribution is 0.106. The van der Waals surface area contributed by atoms with E-state index in [2.05, 4.69) is 20.4 Å². The lowest BCUT2D eigenvalue weighted by Gasteiger charge is -2.44. The van der Waals surface area contributed by atoms with E-state index < -0.39 is 5.54 Å². The molecule has 1 saturated carbocycles. The van der Waals surface area contributed by atoms with E-state index in [4.69, 9.17) is 5.73 Å². The van der Waals surface area contributed by atoms with Crippen LogP contribution in [0.2, 0.25) is 0 Å². The van der Waals surface area contributed by atoms with Gasteiger partial charge in [0.05, 0.1) is 5.54 Å². The first-order valence-electron chi connectivity index (χ1n) is 6.15. The van der Waals surface area contributed by atoms with Crippen molar-refractivity contribution in [2.24, 2.45) is 11.1 Å². The highest BCUT2D eigenvalue weighted by molar-refractivity contribution is 5.10. The van der Waals surface area contributed by atoms with Crippen LogP contribution in [0.4, 0.5) is 0 Å². The predicted molar refractivity (Wildman–Crippen MR) is 64.8 cm³/mol. The van der Waals surface area contributed by atoms with Crippen molar-refractivity contribution in [1.29, 1.82) is 0 Å². The summed E-state index contributed by atoms with van der Waals surface area (Å²) < 4.78 is 0. The summed E-state index contributed by atoms with van der Waals surface area (Å²) in [5, 5.41) is 9.49. The maximum atomic E-state index is 9.49. The number of nitrogens with two attached hydrogens (primary N) is 1. The zero-order chi connectivity index (χ0) is 11.5. The molecule has 2 nitrogen and oxygen atoms in total. The van der Waals surface area contributed by atoms with E-state index in [1.165, 1.54) is 19.3 Å². The number of aliphatic hydroxyl groups excluding tert-OH is 1. The molecule has 0 saturated heterocycles. The fraction of sp³-hybridized carbons (Fsp3) is 0.846. The number of rotatable bonds is 4. The first-order chi connectivity index (χ1) is 6.98. The van der Waals surface area contributed by atoms with Crippen LogP contribution in [0.1, 0.15) is 58.8 Å². The molecule has 1 aliphatic carbocycles. The highest BCUT2D eigenvalue weighted by Crippen LogP contribution is 2.46. The van der Waals surface area contributed by atoms with E-state index in [1.807, 2.05) is 0 Å².